The second-order valence-corrected chi connectivity index (χ2v) is 8.02. The number of carbonyl (C=O) groups is 1. The Morgan fingerprint density at radius 2 is 1.68 bits per heavy atom. The van der Waals surface area contributed by atoms with Crippen molar-refractivity contribution >= 4 is 5.91 Å². The Morgan fingerprint density at radius 1 is 1.00 bits per heavy atom. The maximum absolute atomic E-state index is 12.8. The second-order valence-electron chi connectivity index (χ2n) is 8.02. The molecule has 0 saturated heterocycles. The summed E-state index contributed by atoms with van der Waals surface area (Å²) in [5, 5.41) is 7.63. The molecule has 0 aliphatic rings. The van der Waals surface area contributed by atoms with Crippen LogP contribution in [0.3, 0.4) is 0 Å². The Labute approximate surface area is 195 Å². The van der Waals surface area contributed by atoms with E-state index >= 15 is 0 Å². The highest BCUT2D eigenvalue weighted by atomic mass is 19.4. The number of nitrogens with one attached hydrogen (secondary N) is 1. The summed E-state index contributed by atoms with van der Waals surface area (Å²) in [4.78, 5) is 16.7. The fourth-order valence-electron chi connectivity index (χ4n) is 3.67. The number of alkyl halides is 3. The van der Waals surface area contributed by atoms with Crippen LogP contribution in [0, 0.1) is 0 Å². The minimum atomic E-state index is -4.38. The molecule has 2 aromatic carbocycles. The van der Waals surface area contributed by atoms with Crippen LogP contribution in [0.5, 0.6) is 0 Å². The molecule has 0 saturated carbocycles. The molecule has 8 heteroatoms. The predicted molar refractivity (Wildman–Crippen MR) is 123 cm³/mol. The molecule has 0 bridgehead atoms. The quantitative estimate of drug-likeness (QED) is 0.378. The van der Waals surface area contributed by atoms with Gasteiger partial charge in [0, 0.05) is 42.7 Å². The van der Waals surface area contributed by atoms with Crippen molar-refractivity contribution in [2.24, 2.45) is 0 Å². The third-order valence-electron chi connectivity index (χ3n) is 5.54. The van der Waals surface area contributed by atoms with Gasteiger partial charge in [0.05, 0.1) is 16.9 Å². The third kappa shape index (κ3) is 5.51. The van der Waals surface area contributed by atoms with Crippen LogP contribution < -0.4 is 5.32 Å². The van der Waals surface area contributed by atoms with Crippen LogP contribution in [0.4, 0.5) is 13.2 Å². The molecule has 34 heavy (non-hydrogen) atoms. The SMILES string of the molecule is C[C@H](CC(=O)NCc1cn(-c2ccccc2)nc1-c1ccncc1)c1ccc(C(F)(F)F)cc1. The van der Waals surface area contributed by atoms with Crippen molar-refractivity contribution in [3.05, 3.63) is 102 Å². The van der Waals surface area contributed by atoms with Crippen molar-refractivity contribution in [3.63, 3.8) is 0 Å². The molecule has 174 valence electrons. The van der Waals surface area contributed by atoms with Gasteiger partial charge in [-0.1, -0.05) is 37.3 Å². The number of benzene rings is 2. The molecule has 1 amide bonds. The van der Waals surface area contributed by atoms with Gasteiger partial charge in [0.25, 0.3) is 0 Å². The van der Waals surface area contributed by atoms with Crippen molar-refractivity contribution in [2.45, 2.75) is 32.0 Å². The maximum atomic E-state index is 12.8. The van der Waals surface area contributed by atoms with Crippen molar-refractivity contribution < 1.29 is 18.0 Å². The Bertz CT molecular complexity index is 1240. The van der Waals surface area contributed by atoms with Gasteiger partial charge >= 0.3 is 6.18 Å². The lowest BCUT2D eigenvalue weighted by Gasteiger charge is -2.13. The van der Waals surface area contributed by atoms with Gasteiger partial charge in [0.15, 0.2) is 0 Å². The highest BCUT2D eigenvalue weighted by Gasteiger charge is 2.30. The van der Waals surface area contributed by atoms with Gasteiger partial charge in [-0.3, -0.25) is 9.78 Å². The molecule has 1 atom stereocenters. The maximum Gasteiger partial charge on any atom is 0.416 e. The molecule has 2 aromatic heterocycles. The monoisotopic (exact) mass is 464 g/mol. The van der Waals surface area contributed by atoms with E-state index in [1.165, 1.54) is 12.1 Å². The molecular formula is C26H23F3N4O. The van der Waals surface area contributed by atoms with Gasteiger partial charge in [0.2, 0.25) is 5.91 Å². The van der Waals surface area contributed by atoms with Gasteiger partial charge < -0.3 is 5.32 Å². The molecule has 1 N–H and O–H groups in total. The number of carbonyl (C=O) groups excluding carboxylic acids is 1. The predicted octanol–water partition coefficient (Wildman–Crippen LogP) is 5.76. The summed E-state index contributed by atoms with van der Waals surface area (Å²) >= 11 is 0. The van der Waals surface area contributed by atoms with E-state index in [1.807, 2.05) is 55.6 Å². The normalized spacial score (nSPS) is 12.4. The fourth-order valence-corrected chi connectivity index (χ4v) is 3.67. The van der Waals surface area contributed by atoms with Crippen molar-refractivity contribution in [1.29, 1.82) is 0 Å². The van der Waals surface area contributed by atoms with Crippen molar-refractivity contribution in [3.8, 4) is 16.9 Å². The number of hydrogen-bond acceptors (Lipinski definition) is 3. The molecule has 0 aliphatic heterocycles. The van der Waals surface area contributed by atoms with Crippen LogP contribution in [0.25, 0.3) is 16.9 Å². The summed E-state index contributed by atoms with van der Waals surface area (Å²) in [6.07, 6.45) is 1.03. The number of hydrogen-bond donors (Lipinski definition) is 1. The third-order valence-corrected chi connectivity index (χ3v) is 5.54. The largest absolute Gasteiger partial charge is 0.416 e. The molecule has 5 nitrogen and oxygen atoms in total. The van der Waals surface area contributed by atoms with Crippen LogP contribution in [-0.2, 0) is 17.5 Å². The van der Waals surface area contributed by atoms with Gasteiger partial charge in [-0.05, 0) is 47.9 Å². The average Bonchev–Trinajstić information content (AvgIpc) is 3.28. The lowest BCUT2D eigenvalue weighted by atomic mass is 9.96. The van der Waals surface area contributed by atoms with E-state index in [0.717, 1.165) is 34.6 Å². The summed E-state index contributed by atoms with van der Waals surface area (Å²) in [6.45, 7) is 2.08. The molecule has 2 heterocycles. The van der Waals surface area contributed by atoms with E-state index in [-0.39, 0.29) is 24.8 Å². The van der Waals surface area contributed by atoms with Crippen LogP contribution in [-0.4, -0.2) is 20.7 Å². The minimum Gasteiger partial charge on any atom is -0.352 e. The molecular weight excluding hydrogens is 441 g/mol. The van der Waals surface area contributed by atoms with Crippen LogP contribution in [0.15, 0.2) is 85.3 Å². The topological polar surface area (TPSA) is 59.8 Å². The molecule has 0 spiro atoms. The molecule has 4 rings (SSSR count). The Morgan fingerprint density at radius 3 is 2.32 bits per heavy atom. The average molecular weight is 464 g/mol. The number of aromatic nitrogens is 3. The zero-order valence-corrected chi connectivity index (χ0v) is 18.5. The van der Waals surface area contributed by atoms with Gasteiger partial charge in [-0.25, -0.2) is 4.68 Å². The number of rotatable bonds is 7. The number of pyridine rings is 1. The van der Waals surface area contributed by atoms with Gasteiger partial charge in [-0.2, -0.15) is 18.3 Å². The standard InChI is InChI=1S/C26H23F3N4O/c1-18(19-7-9-22(10-8-19)26(27,28)29)15-24(34)31-16-21-17-33(23-5-3-2-4-6-23)32-25(21)20-11-13-30-14-12-20/h2-14,17-18H,15-16H2,1H3,(H,31,34)/t18-/m1/s1. The zero-order valence-electron chi connectivity index (χ0n) is 18.5. The summed E-state index contributed by atoms with van der Waals surface area (Å²) in [5.41, 5.74) is 3.33. The van der Waals surface area contributed by atoms with E-state index < -0.39 is 11.7 Å². The van der Waals surface area contributed by atoms with E-state index in [1.54, 1.807) is 17.1 Å². The smallest absolute Gasteiger partial charge is 0.352 e. The van der Waals surface area contributed by atoms with Crippen LogP contribution in [0.1, 0.15) is 36.0 Å². The molecule has 0 radical (unpaired) electrons. The summed E-state index contributed by atoms with van der Waals surface area (Å²) < 4.78 is 40.1. The first-order valence-corrected chi connectivity index (χ1v) is 10.8. The highest BCUT2D eigenvalue weighted by Crippen LogP contribution is 2.30. The lowest BCUT2D eigenvalue weighted by molar-refractivity contribution is -0.137. The first-order valence-electron chi connectivity index (χ1n) is 10.8. The number of para-hydroxylation sites is 1. The molecule has 0 aliphatic carbocycles. The van der Waals surface area contributed by atoms with E-state index in [2.05, 4.69) is 10.3 Å². The highest BCUT2D eigenvalue weighted by molar-refractivity contribution is 5.77. The Hall–Kier alpha value is -3.94. The van der Waals surface area contributed by atoms with E-state index in [4.69, 9.17) is 5.10 Å². The number of amides is 1. The molecule has 0 fully saturated rings. The molecule has 0 unspecified atom stereocenters. The van der Waals surface area contributed by atoms with Crippen molar-refractivity contribution in [1.82, 2.24) is 20.1 Å². The lowest BCUT2D eigenvalue weighted by Crippen LogP contribution is -2.24. The van der Waals surface area contributed by atoms with Crippen LogP contribution >= 0.6 is 0 Å². The molecule has 4 aromatic rings. The van der Waals surface area contributed by atoms with E-state index in [9.17, 15) is 18.0 Å². The summed E-state index contributed by atoms with van der Waals surface area (Å²) in [6, 6.07) is 18.3. The van der Waals surface area contributed by atoms with Gasteiger partial charge in [-0.15, -0.1) is 0 Å². The van der Waals surface area contributed by atoms with Gasteiger partial charge in [0.1, 0.15) is 0 Å². The first kappa shape index (κ1) is 23.2. The zero-order chi connectivity index (χ0) is 24.1. The summed E-state index contributed by atoms with van der Waals surface area (Å²) in [5.74, 6) is -0.422. The first-order chi connectivity index (χ1) is 16.3. The van der Waals surface area contributed by atoms with Crippen molar-refractivity contribution in [2.75, 3.05) is 0 Å². The van der Waals surface area contributed by atoms with E-state index in [0.29, 0.717) is 5.56 Å². The minimum absolute atomic E-state index is 0.156. The Balaban J connectivity index is 1.46. The number of nitrogens with zero attached hydrogens (tertiary/aromatic N) is 3. The second kappa shape index (κ2) is 9.91. The van der Waals surface area contributed by atoms with Crippen LogP contribution in [0.2, 0.25) is 0 Å². The summed E-state index contributed by atoms with van der Waals surface area (Å²) in [7, 11) is 0. The Kier molecular flexibility index (Phi) is 6.77. The fraction of sp³-hybridized carbons (Fsp3) is 0.192. The number of halogens is 3.